The van der Waals surface area contributed by atoms with Crippen molar-refractivity contribution < 1.29 is 45.2 Å². The van der Waals surface area contributed by atoms with E-state index in [1.807, 2.05) is 6.56 Å². The first-order valence-electron chi connectivity index (χ1n) is 14.7. The number of hydrogen-bond acceptors (Lipinski definition) is 0. The van der Waals surface area contributed by atoms with Crippen LogP contribution in [0.2, 0.25) is 6.55 Å². The number of hydrogen-bond donors (Lipinski definition) is 0. The van der Waals surface area contributed by atoms with Gasteiger partial charge in [0.15, 0.2) is 0 Å². The third-order valence-corrected chi connectivity index (χ3v) is 28.1. The molecule has 0 radical (unpaired) electrons. The van der Waals surface area contributed by atoms with Gasteiger partial charge in [-0.05, 0) is 0 Å². The molecule has 0 aromatic heterocycles. The van der Waals surface area contributed by atoms with Gasteiger partial charge in [-0.1, -0.05) is 0 Å². The zero-order valence-corrected chi connectivity index (χ0v) is 29.8. The molecule has 2 aliphatic carbocycles. The normalized spacial score (nSPS) is 14.2. The van der Waals surface area contributed by atoms with Crippen molar-refractivity contribution in [3.63, 3.8) is 0 Å². The van der Waals surface area contributed by atoms with Crippen molar-refractivity contribution in [2.45, 2.75) is 33.2 Å². The third kappa shape index (κ3) is 5.76. The van der Waals surface area contributed by atoms with Gasteiger partial charge in [0.1, 0.15) is 0 Å². The van der Waals surface area contributed by atoms with Crippen molar-refractivity contribution in [1.29, 1.82) is 0 Å². The van der Waals surface area contributed by atoms with Crippen LogP contribution < -0.4 is 30.0 Å². The van der Waals surface area contributed by atoms with Crippen molar-refractivity contribution in [3.05, 3.63) is 156 Å². The van der Waals surface area contributed by atoms with Crippen molar-refractivity contribution in [2.75, 3.05) is 0 Å². The summed E-state index contributed by atoms with van der Waals surface area (Å²) in [5.74, 6) is 0. The maximum absolute atomic E-state index is 2.63. The fourth-order valence-corrected chi connectivity index (χ4v) is 27.2. The van der Waals surface area contributed by atoms with Crippen molar-refractivity contribution >= 4 is 43.3 Å². The number of rotatable bonds is 5. The van der Waals surface area contributed by atoms with Gasteiger partial charge in [0.2, 0.25) is 0 Å². The first kappa shape index (κ1) is 31.7. The molecule has 4 heteroatoms. The Morgan fingerprint density at radius 1 is 0.512 bits per heavy atom. The van der Waals surface area contributed by atoms with Crippen LogP contribution in [0.5, 0.6) is 0 Å². The second-order valence-corrected chi connectivity index (χ2v) is 26.4. The predicted molar refractivity (Wildman–Crippen MR) is 176 cm³/mol. The Kier molecular flexibility index (Phi) is 9.94. The summed E-state index contributed by atoms with van der Waals surface area (Å²) in [4.78, 5) is 0. The van der Waals surface area contributed by atoms with Crippen LogP contribution in [0.15, 0.2) is 145 Å². The van der Waals surface area contributed by atoms with Gasteiger partial charge in [-0.3, -0.25) is 0 Å². The second kappa shape index (κ2) is 13.5. The van der Waals surface area contributed by atoms with E-state index in [1.165, 1.54) is 43.8 Å². The summed E-state index contributed by atoms with van der Waals surface area (Å²) in [5.41, 5.74) is 8.15. The Morgan fingerprint density at radius 2 is 0.930 bits per heavy atom. The Labute approximate surface area is 276 Å². The molecule has 0 N–H and O–H groups in total. The number of benzene rings is 5. The fraction of sp³-hybridized carbons (Fsp3) is 0.128. The van der Waals surface area contributed by atoms with Crippen LogP contribution in [-0.2, 0) is 20.4 Å². The summed E-state index contributed by atoms with van der Waals surface area (Å²) in [6.45, 7) is 7.49. The first-order valence-corrected chi connectivity index (χ1v) is 22.8. The maximum Gasteiger partial charge on any atom is -1.00 e. The quantitative estimate of drug-likeness (QED) is 0.245. The van der Waals surface area contributed by atoms with Crippen LogP contribution in [0.4, 0.5) is 0 Å². The topological polar surface area (TPSA) is 0 Å². The zero-order valence-electron chi connectivity index (χ0n) is 24.8. The minimum absolute atomic E-state index is 0. The van der Waals surface area contributed by atoms with Crippen LogP contribution in [0.1, 0.15) is 37.8 Å². The average Bonchev–Trinajstić information content (AvgIpc) is 3.59. The third-order valence-electron chi connectivity index (χ3n) is 9.08. The summed E-state index contributed by atoms with van der Waals surface area (Å²) < 4.78 is 3.63. The van der Waals surface area contributed by atoms with Gasteiger partial charge >= 0.3 is 253 Å². The molecule has 0 heterocycles. The molecule has 0 atom stereocenters. The summed E-state index contributed by atoms with van der Waals surface area (Å²) in [6.07, 6.45) is 7.34. The average molecular weight is 693 g/mol. The van der Waals surface area contributed by atoms with E-state index in [9.17, 15) is 0 Å². The molecule has 0 unspecified atom stereocenters. The number of halogens is 2. The largest absolute Gasteiger partial charge is 1.00 e. The molecule has 2 aliphatic rings. The molecule has 0 saturated carbocycles. The van der Waals surface area contributed by atoms with Crippen LogP contribution in [0, 0.1) is 0 Å². The van der Waals surface area contributed by atoms with Crippen LogP contribution >= 0.6 is 0 Å². The zero-order chi connectivity index (χ0) is 27.9. The molecule has 0 amide bonds. The smallest absolute Gasteiger partial charge is 1.00 e. The van der Waals surface area contributed by atoms with Gasteiger partial charge in [0, 0.05) is 0 Å². The molecule has 0 bridgehead atoms. The van der Waals surface area contributed by atoms with E-state index in [1.54, 1.807) is 16.3 Å². The van der Waals surface area contributed by atoms with Crippen molar-refractivity contribution in [1.82, 2.24) is 0 Å². The van der Waals surface area contributed by atoms with Gasteiger partial charge in [0.25, 0.3) is 0 Å². The Balaban J connectivity index is 0.00000184. The SMILES string of the molecule is CC1=[C]([Zr+2]([C]2=C(C)C(c3cccc4ccccc34)=CC2)=[Si](C)c2ccccc2)CC=C1c1cccc2ccccc12.[Cl-].[Cl-]. The molecule has 0 saturated heterocycles. The predicted octanol–water partition coefficient (Wildman–Crippen LogP) is 3.97. The van der Waals surface area contributed by atoms with Gasteiger partial charge in [-0.2, -0.15) is 0 Å². The van der Waals surface area contributed by atoms with Crippen LogP contribution in [0.3, 0.4) is 0 Å². The number of fused-ring (bicyclic) bond motifs is 2. The van der Waals surface area contributed by atoms with Crippen LogP contribution in [0.25, 0.3) is 32.7 Å². The Bertz CT molecular complexity index is 1880. The summed E-state index contributed by atoms with van der Waals surface area (Å²) in [6, 6.07) is 42.8. The molecular formula is C39H34Cl2SiZr. The molecule has 0 fully saturated rings. The van der Waals surface area contributed by atoms with Crippen LogP contribution in [-0.4, -0.2) is 5.43 Å². The van der Waals surface area contributed by atoms with E-state index in [-0.39, 0.29) is 24.8 Å². The molecule has 5 aromatic rings. The van der Waals surface area contributed by atoms with E-state index < -0.39 is 25.8 Å². The molecule has 5 aromatic carbocycles. The van der Waals surface area contributed by atoms with E-state index in [2.05, 4.69) is 148 Å². The minimum Gasteiger partial charge on any atom is -1.00 e. The van der Waals surface area contributed by atoms with Crippen molar-refractivity contribution in [3.8, 4) is 0 Å². The van der Waals surface area contributed by atoms with E-state index in [0.717, 1.165) is 12.8 Å². The van der Waals surface area contributed by atoms with Crippen molar-refractivity contribution in [2.24, 2.45) is 0 Å². The standard InChI is InChI=1S/2C16H13.C7H8Si.2ClH.Zr/c2*1-12-6-4-10-14(12)16-11-5-8-13-7-2-3-9-15(13)16;1-8-7-5-3-2-4-6-7;;;/h2*2-3,5,7-11H,4H2,1H3;2-6H,1H3;2*1H;/q;;;;;+2/p-2. The van der Waals surface area contributed by atoms with E-state index in [0.29, 0.717) is 0 Å². The molecule has 43 heavy (non-hydrogen) atoms. The van der Waals surface area contributed by atoms with Gasteiger partial charge in [0.05, 0.1) is 0 Å². The molecule has 212 valence electrons. The summed E-state index contributed by atoms with van der Waals surface area (Å²) >= 11 is -2.27. The monoisotopic (exact) mass is 690 g/mol. The summed E-state index contributed by atoms with van der Waals surface area (Å²) in [5, 5.41) is 6.99. The number of allylic oxidation sites excluding steroid dienone is 8. The molecule has 7 rings (SSSR count). The van der Waals surface area contributed by atoms with Gasteiger partial charge < -0.3 is 24.8 Å². The maximum atomic E-state index is 2.63. The van der Waals surface area contributed by atoms with Gasteiger partial charge in [-0.25, -0.2) is 0 Å². The molecule has 0 aliphatic heterocycles. The fourth-order valence-electron chi connectivity index (χ4n) is 6.94. The first-order chi connectivity index (χ1) is 20.1. The van der Waals surface area contributed by atoms with E-state index >= 15 is 0 Å². The Morgan fingerprint density at radius 3 is 1.42 bits per heavy atom. The second-order valence-electron chi connectivity index (χ2n) is 11.3. The summed E-state index contributed by atoms with van der Waals surface area (Å²) in [7, 11) is 0. The Hall–Kier alpha value is -2.74. The molecule has 0 spiro atoms. The molecule has 0 nitrogen and oxygen atoms in total. The van der Waals surface area contributed by atoms with Gasteiger partial charge in [-0.15, -0.1) is 0 Å². The van der Waals surface area contributed by atoms with E-state index in [4.69, 9.17) is 0 Å². The minimum atomic E-state index is -2.27. The molecular weight excluding hydrogens is 659 g/mol.